The fourth-order valence-electron chi connectivity index (χ4n) is 1.52. The predicted molar refractivity (Wildman–Crippen MR) is 64.9 cm³/mol. The second-order valence-electron chi connectivity index (χ2n) is 4.24. The van der Waals surface area contributed by atoms with Crippen LogP contribution in [0.3, 0.4) is 0 Å². The minimum atomic E-state index is -0.726. The van der Waals surface area contributed by atoms with Gasteiger partial charge in [-0.2, -0.15) is 0 Å². The fraction of sp³-hybridized carbons (Fsp3) is 0.385. The van der Waals surface area contributed by atoms with Gasteiger partial charge >= 0.3 is 0 Å². The first-order valence-corrected chi connectivity index (χ1v) is 5.49. The van der Waals surface area contributed by atoms with Crippen molar-refractivity contribution in [1.29, 1.82) is 0 Å². The Bertz CT molecular complexity index is 426. The number of ketones is 1. The second-order valence-corrected chi connectivity index (χ2v) is 4.24. The molecular weight excluding hydrogens is 218 g/mol. The highest BCUT2D eigenvalue weighted by molar-refractivity contribution is 5.96. The van der Waals surface area contributed by atoms with Crippen molar-refractivity contribution in [3.8, 4) is 5.75 Å². The number of amides is 1. The molecule has 0 saturated carbocycles. The number of primary amides is 1. The number of carbonyl (C=O) groups is 2. The fourth-order valence-corrected chi connectivity index (χ4v) is 1.52. The van der Waals surface area contributed by atoms with Gasteiger partial charge in [-0.3, -0.25) is 9.59 Å². The van der Waals surface area contributed by atoms with Crippen LogP contribution >= 0.6 is 0 Å². The maximum atomic E-state index is 11.4. The van der Waals surface area contributed by atoms with E-state index in [2.05, 4.69) is 0 Å². The smallest absolute Gasteiger partial charge is 0.258 e. The van der Waals surface area contributed by atoms with E-state index >= 15 is 0 Å². The third-order valence-electron chi connectivity index (χ3n) is 2.41. The normalized spacial score (nSPS) is 12.2. The molecule has 1 atom stereocenters. The zero-order valence-corrected chi connectivity index (χ0v) is 10.3. The van der Waals surface area contributed by atoms with Gasteiger partial charge in [-0.15, -0.1) is 0 Å². The lowest BCUT2D eigenvalue weighted by atomic mass is 10.1. The Morgan fingerprint density at radius 1 is 1.24 bits per heavy atom. The first kappa shape index (κ1) is 13.2. The first-order chi connectivity index (χ1) is 7.93. The number of hydrogen-bond acceptors (Lipinski definition) is 3. The molecule has 0 aliphatic heterocycles. The summed E-state index contributed by atoms with van der Waals surface area (Å²) in [5, 5.41) is 0. The molecule has 0 aromatic heterocycles. The third kappa shape index (κ3) is 3.31. The number of hydrogen-bond donors (Lipinski definition) is 1. The molecule has 0 heterocycles. The highest BCUT2D eigenvalue weighted by Crippen LogP contribution is 2.21. The molecule has 4 nitrogen and oxygen atoms in total. The topological polar surface area (TPSA) is 69.4 Å². The van der Waals surface area contributed by atoms with Crippen LogP contribution in [0, 0.1) is 5.92 Å². The van der Waals surface area contributed by atoms with E-state index in [9.17, 15) is 9.59 Å². The van der Waals surface area contributed by atoms with Crippen LogP contribution < -0.4 is 10.5 Å². The standard InChI is InChI=1S/C13H17NO3/c1-8(2)12(13(14)16)17-11-7-5-4-6-10(11)9(3)15/h4-8,12H,1-3H3,(H2,14,16). The Morgan fingerprint density at radius 2 is 1.82 bits per heavy atom. The number of para-hydroxylation sites is 1. The molecule has 0 fully saturated rings. The molecule has 4 heteroatoms. The monoisotopic (exact) mass is 235 g/mol. The van der Waals surface area contributed by atoms with Gasteiger partial charge in [0.05, 0.1) is 5.56 Å². The lowest BCUT2D eigenvalue weighted by Gasteiger charge is -2.20. The van der Waals surface area contributed by atoms with Crippen LogP contribution in [0.5, 0.6) is 5.75 Å². The lowest BCUT2D eigenvalue weighted by molar-refractivity contribution is -0.126. The van der Waals surface area contributed by atoms with E-state index < -0.39 is 12.0 Å². The largest absolute Gasteiger partial charge is 0.480 e. The Kier molecular flexibility index (Phi) is 4.26. The molecule has 1 unspecified atom stereocenters. The summed E-state index contributed by atoms with van der Waals surface area (Å²) in [6, 6.07) is 6.82. The summed E-state index contributed by atoms with van der Waals surface area (Å²) in [5.74, 6) is -0.282. The highest BCUT2D eigenvalue weighted by Gasteiger charge is 2.23. The molecule has 1 aromatic carbocycles. The van der Waals surface area contributed by atoms with E-state index in [1.807, 2.05) is 13.8 Å². The van der Waals surface area contributed by atoms with Gasteiger partial charge < -0.3 is 10.5 Å². The Morgan fingerprint density at radius 3 is 2.29 bits per heavy atom. The van der Waals surface area contributed by atoms with Crippen molar-refractivity contribution < 1.29 is 14.3 Å². The summed E-state index contributed by atoms with van der Waals surface area (Å²) in [6.45, 7) is 5.13. The summed E-state index contributed by atoms with van der Waals surface area (Å²) in [7, 11) is 0. The number of nitrogens with two attached hydrogens (primary N) is 1. The van der Waals surface area contributed by atoms with Crippen molar-refractivity contribution in [2.45, 2.75) is 26.9 Å². The maximum absolute atomic E-state index is 11.4. The second kappa shape index (κ2) is 5.48. The quantitative estimate of drug-likeness (QED) is 0.791. The summed E-state index contributed by atoms with van der Waals surface area (Å²) in [5.41, 5.74) is 5.72. The van der Waals surface area contributed by atoms with Crippen LogP contribution in [-0.4, -0.2) is 17.8 Å². The van der Waals surface area contributed by atoms with Crippen molar-refractivity contribution >= 4 is 11.7 Å². The molecule has 1 amide bonds. The lowest BCUT2D eigenvalue weighted by Crippen LogP contribution is -2.38. The minimum absolute atomic E-state index is 0.0486. The van der Waals surface area contributed by atoms with Crippen molar-refractivity contribution in [3.63, 3.8) is 0 Å². The molecule has 17 heavy (non-hydrogen) atoms. The van der Waals surface area contributed by atoms with Gasteiger partial charge in [-0.05, 0) is 25.0 Å². The van der Waals surface area contributed by atoms with Gasteiger partial charge in [0.25, 0.3) is 5.91 Å². The van der Waals surface area contributed by atoms with E-state index in [4.69, 9.17) is 10.5 Å². The van der Waals surface area contributed by atoms with Crippen LogP contribution in [0.25, 0.3) is 0 Å². The molecule has 1 aromatic rings. The van der Waals surface area contributed by atoms with Gasteiger partial charge in [0.2, 0.25) is 0 Å². The Hall–Kier alpha value is -1.84. The van der Waals surface area contributed by atoms with Crippen LogP contribution in [-0.2, 0) is 4.79 Å². The summed E-state index contributed by atoms with van der Waals surface area (Å²) in [4.78, 5) is 22.6. The Labute approximate surface area is 101 Å². The number of carbonyl (C=O) groups excluding carboxylic acids is 2. The van der Waals surface area contributed by atoms with Crippen molar-refractivity contribution in [2.24, 2.45) is 11.7 Å². The minimum Gasteiger partial charge on any atom is -0.480 e. The number of Topliss-reactive ketones (excluding diaryl/α,β-unsaturated/α-hetero) is 1. The van der Waals surface area contributed by atoms with Crippen molar-refractivity contribution in [2.75, 3.05) is 0 Å². The van der Waals surface area contributed by atoms with Gasteiger partial charge in [-0.25, -0.2) is 0 Å². The van der Waals surface area contributed by atoms with Crippen LogP contribution in [0.4, 0.5) is 0 Å². The van der Waals surface area contributed by atoms with Crippen LogP contribution in [0.1, 0.15) is 31.1 Å². The van der Waals surface area contributed by atoms with E-state index in [1.165, 1.54) is 6.92 Å². The third-order valence-corrected chi connectivity index (χ3v) is 2.41. The number of rotatable bonds is 5. The molecule has 0 spiro atoms. The average molecular weight is 235 g/mol. The maximum Gasteiger partial charge on any atom is 0.258 e. The first-order valence-electron chi connectivity index (χ1n) is 5.49. The molecule has 92 valence electrons. The number of ether oxygens (including phenoxy) is 1. The molecule has 0 saturated heterocycles. The summed E-state index contributed by atoms with van der Waals surface area (Å²) in [6.07, 6.45) is -0.726. The van der Waals surface area contributed by atoms with E-state index in [0.717, 1.165) is 0 Å². The Balaban J connectivity index is 3.01. The van der Waals surface area contributed by atoms with E-state index in [1.54, 1.807) is 24.3 Å². The average Bonchev–Trinajstić information content (AvgIpc) is 2.25. The predicted octanol–water partition coefficient (Wildman–Crippen LogP) is 1.78. The van der Waals surface area contributed by atoms with Gasteiger partial charge in [0.1, 0.15) is 5.75 Å². The summed E-state index contributed by atoms with van der Waals surface area (Å²) >= 11 is 0. The van der Waals surface area contributed by atoms with Crippen LogP contribution in [0.15, 0.2) is 24.3 Å². The number of benzene rings is 1. The van der Waals surface area contributed by atoms with Gasteiger partial charge in [-0.1, -0.05) is 26.0 Å². The van der Waals surface area contributed by atoms with Crippen molar-refractivity contribution in [3.05, 3.63) is 29.8 Å². The highest BCUT2D eigenvalue weighted by atomic mass is 16.5. The molecule has 2 N–H and O–H groups in total. The zero-order chi connectivity index (χ0) is 13.0. The van der Waals surface area contributed by atoms with Gasteiger partial charge in [0, 0.05) is 0 Å². The zero-order valence-electron chi connectivity index (χ0n) is 10.3. The molecule has 0 radical (unpaired) electrons. The van der Waals surface area contributed by atoms with Crippen molar-refractivity contribution in [1.82, 2.24) is 0 Å². The molecule has 0 aliphatic carbocycles. The molecule has 0 bridgehead atoms. The van der Waals surface area contributed by atoms with Gasteiger partial charge in [0.15, 0.2) is 11.9 Å². The molecule has 0 aliphatic rings. The summed E-state index contributed by atoms with van der Waals surface area (Å²) < 4.78 is 5.53. The molecular formula is C13H17NO3. The SMILES string of the molecule is CC(=O)c1ccccc1OC(C(N)=O)C(C)C. The van der Waals surface area contributed by atoms with E-state index in [0.29, 0.717) is 11.3 Å². The molecule has 1 rings (SSSR count). The van der Waals surface area contributed by atoms with Crippen LogP contribution in [0.2, 0.25) is 0 Å². The van der Waals surface area contributed by atoms with E-state index in [-0.39, 0.29) is 11.7 Å².